The molecule has 0 spiro atoms. The molecule has 1 atom stereocenters. The Balaban J connectivity index is 1.58. The van der Waals surface area contributed by atoms with E-state index in [0.29, 0.717) is 19.6 Å². The van der Waals surface area contributed by atoms with Gasteiger partial charge in [0.25, 0.3) is 5.91 Å². The molecule has 2 amide bonds. The molecular weight excluding hydrogens is 346 g/mol. The molecule has 7 heteroatoms. The minimum Gasteiger partial charge on any atom is -0.488 e. The van der Waals surface area contributed by atoms with Crippen LogP contribution < -0.4 is 10.2 Å². The van der Waals surface area contributed by atoms with E-state index in [4.69, 9.17) is 9.47 Å². The van der Waals surface area contributed by atoms with Crippen LogP contribution in [0.4, 0.5) is 4.79 Å². The molecule has 1 fully saturated rings. The van der Waals surface area contributed by atoms with Crippen molar-refractivity contribution in [2.24, 2.45) is 5.10 Å². The minimum atomic E-state index is -0.595. The van der Waals surface area contributed by atoms with Crippen LogP contribution in [0.25, 0.3) is 6.08 Å². The molecule has 7 nitrogen and oxygen atoms in total. The van der Waals surface area contributed by atoms with Crippen LogP contribution in [0.3, 0.4) is 0 Å². The number of amides is 2. The molecule has 2 heterocycles. The van der Waals surface area contributed by atoms with E-state index in [1.807, 2.05) is 30.3 Å². The molecule has 0 bridgehead atoms. The maximum atomic E-state index is 12.4. The summed E-state index contributed by atoms with van der Waals surface area (Å²) in [6, 6.07) is 7.16. The number of nitrogens with one attached hydrogen (secondary N) is 1. The number of carbonyl (C=O) groups excluding carboxylic acids is 2. The SMILES string of the molecule is CC(C)(C)OC(=O)N1CCC[C@H]1C(=O)N/N=C/C1=Cc2ccccc2OC1. The van der Waals surface area contributed by atoms with Gasteiger partial charge in [-0.3, -0.25) is 9.69 Å². The predicted octanol–water partition coefficient (Wildman–Crippen LogP) is 2.96. The molecule has 144 valence electrons. The van der Waals surface area contributed by atoms with Crippen LogP contribution in [0.5, 0.6) is 5.75 Å². The second-order valence-electron chi connectivity index (χ2n) is 7.61. The molecule has 1 saturated heterocycles. The van der Waals surface area contributed by atoms with E-state index in [-0.39, 0.29) is 5.91 Å². The number of fused-ring (bicyclic) bond motifs is 1. The van der Waals surface area contributed by atoms with Gasteiger partial charge in [-0.1, -0.05) is 18.2 Å². The predicted molar refractivity (Wildman–Crippen MR) is 103 cm³/mol. The van der Waals surface area contributed by atoms with E-state index in [1.165, 1.54) is 4.90 Å². The molecule has 1 aromatic rings. The van der Waals surface area contributed by atoms with Gasteiger partial charge in [0, 0.05) is 17.7 Å². The van der Waals surface area contributed by atoms with Crippen molar-refractivity contribution in [1.82, 2.24) is 10.3 Å². The summed E-state index contributed by atoms with van der Waals surface area (Å²) in [7, 11) is 0. The summed E-state index contributed by atoms with van der Waals surface area (Å²) in [4.78, 5) is 26.2. The van der Waals surface area contributed by atoms with E-state index >= 15 is 0 Å². The van der Waals surface area contributed by atoms with Crippen molar-refractivity contribution in [3.8, 4) is 5.75 Å². The lowest BCUT2D eigenvalue weighted by Gasteiger charge is -2.27. The van der Waals surface area contributed by atoms with Crippen LogP contribution in [-0.4, -0.2) is 47.9 Å². The summed E-state index contributed by atoms with van der Waals surface area (Å²) < 4.78 is 11.0. The summed E-state index contributed by atoms with van der Waals surface area (Å²) >= 11 is 0. The second kappa shape index (κ2) is 7.82. The van der Waals surface area contributed by atoms with Gasteiger partial charge in [0.1, 0.15) is 24.0 Å². The zero-order valence-electron chi connectivity index (χ0n) is 15.9. The number of hydrogen-bond donors (Lipinski definition) is 1. The third-order valence-corrected chi connectivity index (χ3v) is 4.24. The molecule has 1 aromatic carbocycles. The van der Waals surface area contributed by atoms with Crippen molar-refractivity contribution in [3.05, 3.63) is 35.4 Å². The summed E-state index contributed by atoms with van der Waals surface area (Å²) in [6.07, 6.45) is 4.43. The van der Waals surface area contributed by atoms with Crippen LogP contribution in [-0.2, 0) is 9.53 Å². The van der Waals surface area contributed by atoms with Gasteiger partial charge in [-0.05, 0) is 45.8 Å². The van der Waals surface area contributed by atoms with Gasteiger partial charge in [0.05, 0.1) is 6.21 Å². The number of carbonyl (C=O) groups is 2. The lowest BCUT2D eigenvalue weighted by atomic mass is 10.1. The van der Waals surface area contributed by atoms with E-state index < -0.39 is 17.7 Å². The summed E-state index contributed by atoms with van der Waals surface area (Å²) in [5.41, 5.74) is 3.76. The number of hydrogen-bond acceptors (Lipinski definition) is 5. The number of rotatable bonds is 3. The summed E-state index contributed by atoms with van der Waals surface area (Å²) in [6.45, 7) is 6.31. The monoisotopic (exact) mass is 371 g/mol. The van der Waals surface area contributed by atoms with Gasteiger partial charge in [-0.2, -0.15) is 5.10 Å². The average Bonchev–Trinajstić information content (AvgIpc) is 3.10. The fraction of sp³-hybridized carbons (Fsp3) is 0.450. The van der Waals surface area contributed by atoms with Gasteiger partial charge >= 0.3 is 6.09 Å². The van der Waals surface area contributed by atoms with Gasteiger partial charge in [0.2, 0.25) is 0 Å². The Kier molecular flexibility index (Phi) is 5.48. The van der Waals surface area contributed by atoms with E-state index in [1.54, 1.807) is 27.0 Å². The lowest BCUT2D eigenvalue weighted by Crippen LogP contribution is -2.46. The normalized spacial score (nSPS) is 19.3. The van der Waals surface area contributed by atoms with E-state index in [9.17, 15) is 9.59 Å². The Hall–Kier alpha value is -2.83. The first kappa shape index (κ1) is 18.9. The number of nitrogens with zero attached hydrogens (tertiary/aromatic N) is 2. The Labute approximate surface area is 159 Å². The molecule has 0 radical (unpaired) electrons. The highest BCUT2D eigenvalue weighted by Gasteiger charge is 2.36. The third kappa shape index (κ3) is 4.87. The van der Waals surface area contributed by atoms with Crippen LogP contribution in [0, 0.1) is 0 Å². The Morgan fingerprint density at radius 1 is 1.33 bits per heavy atom. The fourth-order valence-electron chi connectivity index (χ4n) is 3.04. The second-order valence-corrected chi connectivity index (χ2v) is 7.61. The lowest BCUT2D eigenvalue weighted by molar-refractivity contribution is -0.125. The molecule has 0 saturated carbocycles. The quantitative estimate of drug-likeness (QED) is 0.654. The van der Waals surface area contributed by atoms with Gasteiger partial charge in [-0.15, -0.1) is 0 Å². The largest absolute Gasteiger partial charge is 0.488 e. The molecule has 0 unspecified atom stereocenters. The van der Waals surface area contributed by atoms with E-state index in [2.05, 4.69) is 10.5 Å². The van der Waals surface area contributed by atoms with Crippen molar-refractivity contribution in [3.63, 3.8) is 0 Å². The third-order valence-electron chi connectivity index (χ3n) is 4.24. The van der Waals surface area contributed by atoms with Gasteiger partial charge in [-0.25, -0.2) is 10.2 Å². The molecule has 2 aliphatic heterocycles. The number of likely N-dealkylation sites (tertiary alicyclic amines) is 1. The smallest absolute Gasteiger partial charge is 0.410 e. The maximum Gasteiger partial charge on any atom is 0.410 e. The standard InChI is InChI=1S/C20H25N3O4/c1-20(2,3)27-19(25)23-10-6-8-16(23)18(24)22-21-12-14-11-15-7-4-5-9-17(15)26-13-14/h4-5,7,9,11-12,16H,6,8,10,13H2,1-3H3,(H,22,24)/b21-12+/t16-/m0/s1. The highest BCUT2D eigenvalue weighted by Crippen LogP contribution is 2.25. The van der Waals surface area contributed by atoms with Crippen molar-refractivity contribution >= 4 is 24.3 Å². The highest BCUT2D eigenvalue weighted by atomic mass is 16.6. The molecule has 1 N–H and O–H groups in total. The van der Waals surface area contributed by atoms with Gasteiger partial charge < -0.3 is 9.47 Å². The average molecular weight is 371 g/mol. The summed E-state index contributed by atoms with van der Waals surface area (Å²) in [5, 5.41) is 4.03. The fourth-order valence-corrected chi connectivity index (χ4v) is 3.04. The number of ether oxygens (including phenoxy) is 2. The molecular formula is C20H25N3O4. The van der Waals surface area contributed by atoms with Crippen molar-refractivity contribution in [1.29, 1.82) is 0 Å². The van der Waals surface area contributed by atoms with E-state index in [0.717, 1.165) is 23.3 Å². The van der Waals surface area contributed by atoms with Crippen LogP contribution in [0.2, 0.25) is 0 Å². The zero-order chi connectivity index (χ0) is 19.4. The molecule has 0 aromatic heterocycles. The Morgan fingerprint density at radius 2 is 2.11 bits per heavy atom. The van der Waals surface area contributed by atoms with Crippen molar-refractivity contribution < 1.29 is 19.1 Å². The molecule has 3 rings (SSSR count). The van der Waals surface area contributed by atoms with Crippen molar-refractivity contribution in [2.45, 2.75) is 45.3 Å². The molecule has 27 heavy (non-hydrogen) atoms. The van der Waals surface area contributed by atoms with Crippen LogP contribution in [0.15, 0.2) is 34.9 Å². The maximum absolute atomic E-state index is 12.4. The number of benzene rings is 1. The molecule has 2 aliphatic rings. The summed E-state index contributed by atoms with van der Waals surface area (Å²) in [5.74, 6) is 0.519. The first-order valence-electron chi connectivity index (χ1n) is 9.08. The first-order valence-corrected chi connectivity index (χ1v) is 9.08. The number of hydrazone groups is 1. The van der Waals surface area contributed by atoms with Crippen LogP contribution in [0.1, 0.15) is 39.2 Å². The highest BCUT2D eigenvalue weighted by molar-refractivity contribution is 5.90. The zero-order valence-corrected chi connectivity index (χ0v) is 15.9. The Morgan fingerprint density at radius 3 is 2.89 bits per heavy atom. The number of para-hydroxylation sites is 1. The Bertz CT molecular complexity index is 780. The minimum absolute atomic E-state index is 0.313. The van der Waals surface area contributed by atoms with Crippen LogP contribution >= 0.6 is 0 Å². The topological polar surface area (TPSA) is 80.2 Å². The molecule has 0 aliphatic carbocycles. The first-order chi connectivity index (χ1) is 12.8. The van der Waals surface area contributed by atoms with Crippen molar-refractivity contribution in [2.75, 3.05) is 13.2 Å². The van der Waals surface area contributed by atoms with Gasteiger partial charge in [0.15, 0.2) is 0 Å².